The maximum Gasteiger partial charge on any atom is 0.238 e. The molecule has 0 heterocycles. The van der Waals surface area contributed by atoms with Gasteiger partial charge in [-0.05, 0) is 37.5 Å². The zero-order valence-electron chi connectivity index (χ0n) is 12.9. The number of benzene rings is 1. The summed E-state index contributed by atoms with van der Waals surface area (Å²) in [6.07, 6.45) is 2.07. The Morgan fingerprint density at radius 1 is 1.35 bits per heavy atom. The number of nitrogens with two attached hydrogens (primary N) is 1. The van der Waals surface area contributed by atoms with E-state index >= 15 is 0 Å². The predicted molar refractivity (Wildman–Crippen MR) is 84.8 cm³/mol. The summed E-state index contributed by atoms with van der Waals surface area (Å²) in [5.41, 5.74) is 7.65. The topological polar surface area (TPSA) is 58.4 Å². The molecule has 4 heteroatoms. The number of nitrogens with one attached hydrogen (secondary N) is 1. The molecular weight excluding hydrogens is 250 g/mol. The summed E-state index contributed by atoms with van der Waals surface area (Å²) in [5, 5.41) is 2.95. The van der Waals surface area contributed by atoms with Crippen LogP contribution >= 0.6 is 0 Å². The maximum absolute atomic E-state index is 12.2. The molecule has 0 atom stereocenters. The second kappa shape index (κ2) is 8.72. The van der Waals surface area contributed by atoms with Crippen LogP contribution in [0.4, 0.5) is 5.69 Å². The van der Waals surface area contributed by atoms with Crippen LogP contribution in [0.15, 0.2) is 24.3 Å². The molecule has 1 aromatic rings. The lowest BCUT2D eigenvalue weighted by Crippen LogP contribution is -2.43. The van der Waals surface area contributed by atoms with Crippen molar-refractivity contribution >= 4 is 11.6 Å². The molecular formula is C16H27N3O. The highest BCUT2D eigenvalue weighted by molar-refractivity contribution is 5.92. The molecule has 0 saturated carbocycles. The van der Waals surface area contributed by atoms with E-state index < -0.39 is 0 Å². The predicted octanol–water partition coefficient (Wildman–Crippen LogP) is 2.38. The maximum atomic E-state index is 12.2. The summed E-state index contributed by atoms with van der Waals surface area (Å²) < 4.78 is 0. The molecule has 0 aliphatic carbocycles. The number of carbonyl (C=O) groups excluding carboxylic acids is 1. The van der Waals surface area contributed by atoms with E-state index in [1.165, 1.54) is 0 Å². The van der Waals surface area contributed by atoms with Gasteiger partial charge in [0.2, 0.25) is 5.91 Å². The molecule has 1 amide bonds. The fourth-order valence-corrected chi connectivity index (χ4v) is 2.47. The van der Waals surface area contributed by atoms with Gasteiger partial charge in [0, 0.05) is 24.8 Å². The summed E-state index contributed by atoms with van der Waals surface area (Å²) in [6, 6.07) is 8.27. The van der Waals surface area contributed by atoms with Crippen LogP contribution in [-0.2, 0) is 4.79 Å². The molecule has 0 aliphatic rings. The van der Waals surface area contributed by atoms with Crippen molar-refractivity contribution < 1.29 is 4.79 Å². The van der Waals surface area contributed by atoms with Crippen LogP contribution in [-0.4, -0.2) is 36.5 Å². The molecule has 0 spiro atoms. The van der Waals surface area contributed by atoms with Crippen molar-refractivity contribution in [3.05, 3.63) is 29.8 Å². The Kier molecular flexibility index (Phi) is 7.26. The first-order valence-electron chi connectivity index (χ1n) is 7.41. The largest absolute Gasteiger partial charge is 0.329 e. The van der Waals surface area contributed by atoms with E-state index in [4.69, 9.17) is 5.73 Å². The van der Waals surface area contributed by atoms with Gasteiger partial charge in [-0.15, -0.1) is 0 Å². The number of aryl methyl sites for hydroxylation is 1. The molecule has 0 saturated heterocycles. The lowest BCUT2D eigenvalue weighted by molar-refractivity contribution is -0.117. The van der Waals surface area contributed by atoms with E-state index in [2.05, 4.69) is 24.1 Å². The van der Waals surface area contributed by atoms with E-state index in [1.54, 1.807) is 0 Å². The van der Waals surface area contributed by atoms with Gasteiger partial charge in [0.1, 0.15) is 0 Å². The average Bonchev–Trinajstić information content (AvgIpc) is 2.40. The summed E-state index contributed by atoms with van der Waals surface area (Å²) in [4.78, 5) is 14.3. The van der Waals surface area contributed by atoms with E-state index in [0.29, 0.717) is 19.1 Å². The Labute approximate surface area is 122 Å². The molecule has 0 unspecified atom stereocenters. The molecule has 0 fully saturated rings. The van der Waals surface area contributed by atoms with Crippen molar-refractivity contribution in [2.24, 2.45) is 5.73 Å². The van der Waals surface area contributed by atoms with E-state index in [1.807, 2.05) is 31.2 Å². The highest BCUT2D eigenvalue weighted by Crippen LogP contribution is 2.11. The molecule has 4 nitrogen and oxygen atoms in total. The number of hydrogen-bond acceptors (Lipinski definition) is 3. The molecule has 3 N–H and O–H groups in total. The van der Waals surface area contributed by atoms with Gasteiger partial charge in [-0.2, -0.15) is 0 Å². The minimum atomic E-state index is 0.0240. The van der Waals surface area contributed by atoms with Gasteiger partial charge in [-0.1, -0.05) is 26.0 Å². The molecule has 20 heavy (non-hydrogen) atoms. The van der Waals surface area contributed by atoms with Crippen LogP contribution in [0.5, 0.6) is 0 Å². The Balaban J connectivity index is 2.61. The first-order valence-corrected chi connectivity index (χ1v) is 7.41. The molecule has 0 aromatic heterocycles. The van der Waals surface area contributed by atoms with E-state index in [-0.39, 0.29) is 5.91 Å². The minimum Gasteiger partial charge on any atom is -0.329 e. The third-order valence-corrected chi connectivity index (χ3v) is 3.52. The summed E-state index contributed by atoms with van der Waals surface area (Å²) in [6.45, 7) is 8.05. The Morgan fingerprint density at radius 3 is 2.60 bits per heavy atom. The summed E-state index contributed by atoms with van der Waals surface area (Å²) >= 11 is 0. The monoisotopic (exact) mass is 277 g/mol. The van der Waals surface area contributed by atoms with Gasteiger partial charge >= 0.3 is 0 Å². The zero-order valence-corrected chi connectivity index (χ0v) is 12.9. The zero-order chi connectivity index (χ0) is 15.0. The highest BCUT2D eigenvalue weighted by atomic mass is 16.2. The third-order valence-electron chi connectivity index (χ3n) is 3.52. The molecule has 0 bridgehead atoms. The number of carbonyl (C=O) groups is 1. The number of amides is 1. The fraction of sp³-hybridized carbons (Fsp3) is 0.562. The second-order valence-corrected chi connectivity index (χ2v) is 5.15. The van der Waals surface area contributed by atoms with Crippen molar-refractivity contribution in [2.75, 3.05) is 25.0 Å². The summed E-state index contributed by atoms with van der Waals surface area (Å²) in [7, 11) is 0. The van der Waals surface area contributed by atoms with Gasteiger partial charge in [0.25, 0.3) is 0 Å². The quantitative estimate of drug-likeness (QED) is 0.767. The number of anilines is 1. The van der Waals surface area contributed by atoms with Crippen molar-refractivity contribution in [1.29, 1.82) is 0 Å². The molecule has 0 radical (unpaired) electrons. The number of hydrogen-bond donors (Lipinski definition) is 2. The Bertz CT molecular complexity index is 416. The van der Waals surface area contributed by atoms with E-state index in [0.717, 1.165) is 30.6 Å². The highest BCUT2D eigenvalue weighted by Gasteiger charge is 2.17. The smallest absolute Gasteiger partial charge is 0.238 e. The summed E-state index contributed by atoms with van der Waals surface area (Å²) in [5.74, 6) is 0.0240. The van der Waals surface area contributed by atoms with Crippen molar-refractivity contribution in [1.82, 2.24) is 4.90 Å². The van der Waals surface area contributed by atoms with Crippen molar-refractivity contribution in [2.45, 2.75) is 39.7 Å². The second-order valence-electron chi connectivity index (χ2n) is 5.15. The van der Waals surface area contributed by atoms with Crippen LogP contribution < -0.4 is 11.1 Å². The Hall–Kier alpha value is -1.39. The average molecular weight is 277 g/mol. The first kappa shape index (κ1) is 16.7. The van der Waals surface area contributed by atoms with Crippen molar-refractivity contribution in [3.63, 3.8) is 0 Å². The standard InChI is InChI=1S/C16H27N3O/c1-4-15(5-2)19(10-9-17)12-16(20)18-14-8-6-7-13(3)11-14/h6-8,11,15H,4-5,9-10,12,17H2,1-3H3,(H,18,20). The van der Waals surface area contributed by atoms with Crippen LogP contribution in [0.2, 0.25) is 0 Å². The fourth-order valence-electron chi connectivity index (χ4n) is 2.47. The van der Waals surface area contributed by atoms with Crippen LogP contribution in [0.1, 0.15) is 32.3 Å². The first-order chi connectivity index (χ1) is 9.60. The minimum absolute atomic E-state index is 0.0240. The number of rotatable bonds is 8. The van der Waals surface area contributed by atoms with Gasteiger partial charge in [-0.3, -0.25) is 9.69 Å². The van der Waals surface area contributed by atoms with Crippen LogP contribution in [0, 0.1) is 6.92 Å². The Morgan fingerprint density at radius 2 is 2.05 bits per heavy atom. The van der Waals surface area contributed by atoms with Crippen LogP contribution in [0.25, 0.3) is 0 Å². The number of nitrogens with zero attached hydrogens (tertiary/aromatic N) is 1. The lowest BCUT2D eigenvalue weighted by atomic mass is 10.1. The van der Waals surface area contributed by atoms with Gasteiger partial charge in [0.15, 0.2) is 0 Å². The van der Waals surface area contributed by atoms with E-state index in [9.17, 15) is 4.79 Å². The molecule has 0 aliphatic heterocycles. The lowest BCUT2D eigenvalue weighted by Gasteiger charge is -2.29. The molecule has 1 aromatic carbocycles. The van der Waals surface area contributed by atoms with Gasteiger partial charge in [-0.25, -0.2) is 0 Å². The molecule has 112 valence electrons. The van der Waals surface area contributed by atoms with Crippen LogP contribution in [0.3, 0.4) is 0 Å². The SMILES string of the molecule is CCC(CC)N(CCN)CC(=O)Nc1cccc(C)c1. The van der Waals surface area contributed by atoms with Gasteiger partial charge in [0.05, 0.1) is 6.54 Å². The normalized spacial score (nSPS) is 11.1. The third kappa shape index (κ3) is 5.31. The van der Waals surface area contributed by atoms with Gasteiger partial charge < -0.3 is 11.1 Å². The molecule has 1 rings (SSSR count). The van der Waals surface area contributed by atoms with Crippen molar-refractivity contribution in [3.8, 4) is 0 Å².